The van der Waals surface area contributed by atoms with Crippen molar-refractivity contribution in [1.29, 1.82) is 0 Å². The molecule has 0 aliphatic heterocycles. The number of anilines is 2. The number of hydrogen-bond acceptors (Lipinski definition) is 4. The fourth-order valence-corrected chi connectivity index (χ4v) is 3.51. The predicted octanol–water partition coefficient (Wildman–Crippen LogP) is 4.97. The smallest absolute Gasteiger partial charge is 0.225 e. The Morgan fingerprint density at radius 2 is 1.88 bits per heavy atom. The third kappa shape index (κ3) is 3.99. The maximum Gasteiger partial charge on any atom is 0.225 e. The highest BCUT2D eigenvalue weighted by Gasteiger charge is 2.26. The largest absolute Gasteiger partial charge is 0.366 e. The Morgan fingerprint density at radius 3 is 2.62 bits per heavy atom. The van der Waals surface area contributed by atoms with E-state index < -0.39 is 0 Å². The highest BCUT2D eigenvalue weighted by molar-refractivity contribution is 6.30. The van der Waals surface area contributed by atoms with E-state index in [0.717, 1.165) is 22.4 Å². The van der Waals surface area contributed by atoms with E-state index >= 15 is 0 Å². The Morgan fingerprint density at radius 1 is 1.04 bits per heavy atom. The molecule has 0 radical (unpaired) electrons. The van der Waals surface area contributed by atoms with Gasteiger partial charge in [-0.05, 0) is 43.4 Å². The third-order valence-electron chi connectivity index (χ3n) is 4.79. The lowest BCUT2D eigenvalue weighted by Gasteiger charge is -2.15. The predicted molar refractivity (Wildman–Crippen MR) is 98.7 cm³/mol. The van der Waals surface area contributed by atoms with Crippen LogP contribution in [-0.4, -0.2) is 16.0 Å². The molecule has 2 aliphatic carbocycles. The van der Waals surface area contributed by atoms with Crippen LogP contribution in [0.5, 0.6) is 0 Å². The van der Waals surface area contributed by atoms with Crippen LogP contribution in [0.15, 0.2) is 30.3 Å². The summed E-state index contributed by atoms with van der Waals surface area (Å²) in [6, 6.07) is 10.5. The molecule has 2 aliphatic rings. The zero-order valence-electron chi connectivity index (χ0n) is 13.8. The van der Waals surface area contributed by atoms with Gasteiger partial charge in [0.2, 0.25) is 5.95 Å². The molecule has 4 nitrogen and oxygen atoms in total. The van der Waals surface area contributed by atoms with E-state index in [1.54, 1.807) is 0 Å². The summed E-state index contributed by atoms with van der Waals surface area (Å²) in [6.45, 7) is 0.713. The Balaban J connectivity index is 1.49. The van der Waals surface area contributed by atoms with Crippen molar-refractivity contribution >= 4 is 23.4 Å². The molecule has 0 bridgehead atoms. The molecule has 5 heteroatoms. The van der Waals surface area contributed by atoms with Gasteiger partial charge in [-0.15, -0.1) is 0 Å². The van der Waals surface area contributed by atoms with Crippen LogP contribution in [0.25, 0.3) is 0 Å². The van der Waals surface area contributed by atoms with Gasteiger partial charge in [-0.25, -0.2) is 4.98 Å². The van der Waals surface area contributed by atoms with E-state index in [0.29, 0.717) is 18.5 Å². The first kappa shape index (κ1) is 15.7. The van der Waals surface area contributed by atoms with Crippen molar-refractivity contribution in [3.8, 4) is 0 Å². The van der Waals surface area contributed by atoms with Crippen LogP contribution in [0, 0.1) is 0 Å². The van der Waals surface area contributed by atoms with Gasteiger partial charge >= 0.3 is 0 Å². The maximum atomic E-state index is 6.06. The van der Waals surface area contributed by atoms with Crippen LogP contribution < -0.4 is 10.6 Å². The van der Waals surface area contributed by atoms with Crippen molar-refractivity contribution in [2.45, 2.75) is 57.0 Å². The minimum absolute atomic E-state index is 0.528. The number of halogens is 1. The molecule has 24 heavy (non-hydrogen) atoms. The minimum atomic E-state index is 0.528. The van der Waals surface area contributed by atoms with Gasteiger partial charge in [0, 0.05) is 29.6 Å². The molecule has 1 heterocycles. The van der Waals surface area contributed by atoms with E-state index in [2.05, 4.69) is 27.8 Å². The number of nitrogens with zero attached hydrogens (tertiary/aromatic N) is 2. The first-order valence-electron chi connectivity index (χ1n) is 8.90. The molecule has 126 valence electrons. The molecule has 0 saturated heterocycles. The van der Waals surface area contributed by atoms with Crippen molar-refractivity contribution in [1.82, 2.24) is 9.97 Å². The van der Waals surface area contributed by atoms with E-state index in [9.17, 15) is 0 Å². The van der Waals surface area contributed by atoms with Gasteiger partial charge in [0.25, 0.3) is 0 Å². The molecule has 0 spiro atoms. The molecule has 0 amide bonds. The van der Waals surface area contributed by atoms with Crippen LogP contribution in [0.1, 0.15) is 55.7 Å². The van der Waals surface area contributed by atoms with E-state index in [-0.39, 0.29) is 0 Å². The van der Waals surface area contributed by atoms with Gasteiger partial charge in [0.1, 0.15) is 5.82 Å². The number of nitrogens with one attached hydrogen (secondary N) is 2. The standard InChI is InChI=1S/C19H23ClN4/c20-15-5-3-4-13(10-15)12-21-18-11-17(14-8-9-14)23-19(24-18)22-16-6-1-2-7-16/h3-5,10-11,14,16H,1-2,6-9,12H2,(H2,21,22,23,24). The quantitative estimate of drug-likeness (QED) is 0.777. The highest BCUT2D eigenvalue weighted by atomic mass is 35.5. The average molecular weight is 343 g/mol. The van der Waals surface area contributed by atoms with Crippen LogP contribution in [-0.2, 0) is 6.54 Å². The number of rotatable bonds is 6. The first-order valence-corrected chi connectivity index (χ1v) is 9.28. The summed E-state index contributed by atoms with van der Waals surface area (Å²) in [6.07, 6.45) is 7.55. The van der Waals surface area contributed by atoms with Crippen LogP contribution >= 0.6 is 11.6 Å². The van der Waals surface area contributed by atoms with E-state index in [4.69, 9.17) is 16.6 Å². The Bertz CT molecular complexity index is 708. The van der Waals surface area contributed by atoms with Gasteiger partial charge in [0.05, 0.1) is 5.69 Å². The summed E-state index contributed by atoms with van der Waals surface area (Å²) >= 11 is 6.06. The molecule has 2 N–H and O–H groups in total. The number of aromatic nitrogens is 2. The SMILES string of the molecule is Clc1cccc(CNc2cc(C3CC3)nc(NC3CCCC3)n2)c1. The zero-order chi connectivity index (χ0) is 16.4. The third-order valence-corrected chi connectivity index (χ3v) is 5.03. The van der Waals surface area contributed by atoms with E-state index in [1.165, 1.54) is 44.2 Å². The second-order valence-corrected chi connectivity index (χ2v) is 7.32. The lowest BCUT2D eigenvalue weighted by Crippen LogP contribution is -2.17. The monoisotopic (exact) mass is 342 g/mol. The van der Waals surface area contributed by atoms with Crippen molar-refractivity contribution in [2.24, 2.45) is 0 Å². The average Bonchev–Trinajstić information content (AvgIpc) is 3.31. The normalized spacial score (nSPS) is 17.9. The summed E-state index contributed by atoms with van der Waals surface area (Å²) in [5.74, 6) is 2.29. The van der Waals surface area contributed by atoms with Crippen molar-refractivity contribution in [2.75, 3.05) is 10.6 Å². The van der Waals surface area contributed by atoms with Crippen molar-refractivity contribution in [3.63, 3.8) is 0 Å². The molecular weight excluding hydrogens is 320 g/mol. The minimum Gasteiger partial charge on any atom is -0.366 e. The molecule has 2 fully saturated rings. The lowest BCUT2D eigenvalue weighted by atomic mass is 10.2. The summed E-state index contributed by atoms with van der Waals surface area (Å²) in [5, 5.41) is 7.72. The molecule has 2 aromatic rings. The molecule has 0 unspecified atom stereocenters. The number of benzene rings is 1. The zero-order valence-corrected chi connectivity index (χ0v) is 14.5. The lowest BCUT2D eigenvalue weighted by molar-refractivity contribution is 0.741. The summed E-state index contributed by atoms with van der Waals surface area (Å²) in [7, 11) is 0. The van der Waals surface area contributed by atoms with Gasteiger partial charge in [-0.2, -0.15) is 4.98 Å². The maximum absolute atomic E-state index is 6.06. The summed E-state index contributed by atoms with van der Waals surface area (Å²) < 4.78 is 0. The summed E-state index contributed by atoms with van der Waals surface area (Å²) in [4.78, 5) is 9.42. The highest BCUT2D eigenvalue weighted by Crippen LogP contribution is 2.40. The Hall–Kier alpha value is -1.81. The Labute approximate surface area is 148 Å². The second kappa shape index (κ2) is 6.98. The fourth-order valence-electron chi connectivity index (χ4n) is 3.30. The topological polar surface area (TPSA) is 49.8 Å². The van der Waals surface area contributed by atoms with E-state index in [1.807, 2.05) is 18.2 Å². The summed E-state index contributed by atoms with van der Waals surface area (Å²) in [5.41, 5.74) is 2.32. The fraction of sp³-hybridized carbons (Fsp3) is 0.474. The first-order chi connectivity index (χ1) is 11.8. The number of hydrogen-bond donors (Lipinski definition) is 2. The molecule has 0 atom stereocenters. The molecular formula is C19H23ClN4. The van der Waals surface area contributed by atoms with Crippen molar-refractivity contribution < 1.29 is 0 Å². The molecule has 4 rings (SSSR count). The van der Waals surface area contributed by atoms with Gasteiger partial charge < -0.3 is 10.6 Å². The van der Waals surface area contributed by atoms with Crippen molar-refractivity contribution in [3.05, 3.63) is 46.6 Å². The Kier molecular flexibility index (Phi) is 4.56. The van der Waals surface area contributed by atoms with Gasteiger partial charge in [-0.3, -0.25) is 0 Å². The van der Waals surface area contributed by atoms with Crippen LogP contribution in [0.4, 0.5) is 11.8 Å². The van der Waals surface area contributed by atoms with Crippen LogP contribution in [0.3, 0.4) is 0 Å². The molecule has 1 aromatic heterocycles. The molecule has 1 aromatic carbocycles. The molecule has 2 saturated carbocycles. The van der Waals surface area contributed by atoms with Crippen LogP contribution in [0.2, 0.25) is 5.02 Å². The van der Waals surface area contributed by atoms with Gasteiger partial charge in [-0.1, -0.05) is 36.6 Å². The second-order valence-electron chi connectivity index (χ2n) is 6.89. The van der Waals surface area contributed by atoms with Gasteiger partial charge in [0.15, 0.2) is 0 Å².